The van der Waals surface area contributed by atoms with Crippen molar-refractivity contribution in [1.29, 1.82) is 5.26 Å². The van der Waals surface area contributed by atoms with E-state index in [0.717, 1.165) is 22.6 Å². The number of nitrogens with one attached hydrogen (secondary N) is 1. The quantitative estimate of drug-likeness (QED) is 0.734. The Balaban J connectivity index is 1.84. The lowest BCUT2D eigenvalue weighted by atomic mass is 10.1. The van der Waals surface area contributed by atoms with Crippen molar-refractivity contribution < 1.29 is 13.9 Å². The van der Waals surface area contributed by atoms with Gasteiger partial charge in [0.05, 0.1) is 42.2 Å². The average Bonchev–Trinajstić information content (AvgIpc) is 2.96. The molecular weight excluding hydrogens is 359 g/mol. The lowest BCUT2D eigenvalue weighted by Gasteiger charge is -2.11. The van der Waals surface area contributed by atoms with E-state index in [1.807, 2.05) is 19.9 Å². The third kappa shape index (κ3) is 3.86. The van der Waals surface area contributed by atoms with E-state index in [0.29, 0.717) is 17.0 Å². The van der Waals surface area contributed by atoms with Gasteiger partial charge in [-0.25, -0.2) is 9.07 Å². The number of hydrogen-bond acceptors (Lipinski definition) is 4. The van der Waals surface area contributed by atoms with Crippen LogP contribution < -0.4 is 10.1 Å². The predicted octanol–water partition coefficient (Wildman–Crippen LogP) is 3.69. The van der Waals surface area contributed by atoms with E-state index in [1.54, 1.807) is 35.0 Å². The number of anilines is 1. The van der Waals surface area contributed by atoms with Crippen LogP contribution in [0.25, 0.3) is 5.69 Å². The summed E-state index contributed by atoms with van der Waals surface area (Å²) in [6, 6.07) is 12.9. The molecule has 142 valence electrons. The molecule has 0 bridgehead atoms. The van der Waals surface area contributed by atoms with Crippen LogP contribution in [-0.4, -0.2) is 22.8 Å². The SMILES string of the molecule is COc1ccc(C#N)cc1NC(=O)Cc1c(C)nn(-c2ccc(F)cc2)c1C. The van der Waals surface area contributed by atoms with Gasteiger partial charge in [0.1, 0.15) is 11.6 Å². The Kier molecular flexibility index (Phi) is 5.41. The number of nitrogens with zero attached hydrogens (tertiary/aromatic N) is 3. The van der Waals surface area contributed by atoms with Crippen LogP contribution in [0.15, 0.2) is 42.5 Å². The number of aryl methyl sites for hydroxylation is 1. The second-order valence-corrected chi connectivity index (χ2v) is 6.29. The first kappa shape index (κ1) is 19.1. The number of methoxy groups -OCH3 is 1. The number of nitriles is 1. The highest BCUT2D eigenvalue weighted by molar-refractivity contribution is 5.94. The van der Waals surface area contributed by atoms with Crippen molar-refractivity contribution in [1.82, 2.24) is 9.78 Å². The summed E-state index contributed by atoms with van der Waals surface area (Å²) in [5, 5.41) is 16.3. The Morgan fingerprint density at radius 1 is 1.25 bits per heavy atom. The van der Waals surface area contributed by atoms with Gasteiger partial charge in [-0.15, -0.1) is 0 Å². The molecule has 0 unspecified atom stereocenters. The van der Waals surface area contributed by atoms with Crippen LogP contribution in [0.4, 0.5) is 10.1 Å². The predicted molar refractivity (Wildman–Crippen MR) is 103 cm³/mol. The summed E-state index contributed by atoms with van der Waals surface area (Å²) in [4.78, 5) is 12.6. The number of hydrogen-bond donors (Lipinski definition) is 1. The Morgan fingerprint density at radius 3 is 2.61 bits per heavy atom. The van der Waals surface area contributed by atoms with Crippen LogP contribution in [0, 0.1) is 31.0 Å². The van der Waals surface area contributed by atoms with Gasteiger partial charge in [0.2, 0.25) is 5.91 Å². The minimum absolute atomic E-state index is 0.110. The smallest absolute Gasteiger partial charge is 0.229 e. The summed E-state index contributed by atoms with van der Waals surface area (Å²) in [5.41, 5.74) is 3.89. The Labute approximate surface area is 162 Å². The molecule has 0 fully saturated rings. The number of benzene rings is 2. The average molecular weight is 378 g/mol. The fourth-order valence-electron chi connectivity index (χ4n) is 2.99. The van der Waals surface area contributed by atoms with Gasteiger partial charge in [0, 0.05) is 11.3 Å². The molecule has 3 rings (SSSR count). The lowest BCUT2D eigenvalue weighted by Crippen LogP contribution is -2.16. The van der Waals surface area contributed by atoms with Crippen LogP contribution in [0.3, 0.4) is 0 Å². The van der Waals surface area contributed by atoms with Gasteiger partial charge >= 0.3 is 0 Å². The summed E-state index contributed by atoms with van der Waals surface area (Å²) in [7, 11) is 1.50. The Morgan fingerprint density at radius 2 is 1.96 bits per heavy atom. The largest absolute Gasteiger partial charge is 0.495 e. The highest BCUT2D eigenvalue weighted by Crippen LogP contribution is 2.26. The van der Waals surface area contributed by atoms with Crippen LogP contribution in [0.5, 0.6) is 5.75 Å². The topological polar surface area (TPSA) is 79.9 Å². The molecule has 7 heteroatoms. The van der Waals surface area contributed by atoms with Crippen molar-refractivity contribution in [2.24, 2.45) is 0 Å². The third-order valence-corrected chi connectivity index (χ3v) is 4.45. The molecule has 0 saturated carbocycles. The van der Waals surface area contributed by atoms with Crippen molar-refractivity contribution in [2.75, 3.05) is 12.4 Å². The molecule has 1 amide bonds. The zero-order valence-corrected chi connectivity index (χ0v) is 15.8. The number of amides is 1. The van der Waals surface area contributed by atoms with E-state index in [1.165, 1.54) is 19.2 Å². The van der Waals surface area contributed by atoms with Gasteiger partial charge < -0.3 is 10.1 Å². The summed E-state index contributed by atoms with van der Waals surface area (Å²) >= 11 is 0. The van der Waals surface area contributed by atoms with Crippen LogP contribution in [0.2, 0.25) is 0 Å². The molecule has 1 aromatic heterocycles. The number of carbonyl (C=O) groups excluding carboxylic acids is 1. The molecule has 0 spiro atoms. The molecule has 0 aliphatic rings. The van der Waals surface area contributed by atoms with Crippen molar-refractivity contribution >= 4 is 11.6 Å². The molecule has 0 atom stereocenters. The van der Waals surface area contributed by atoms with Gasteiger partial charge in [-0.1, -0.05) is 0 Å². The third-order valence-electron chi connectivity index (χ3n) is 4.45. The summed E-state index contributed by atoms with van der Waals surface area (Å²) in [6.07, 6.45) is 0.110. The lowest BCUT2D eigenvalue weighted by molar-refractivity contribution is -0.115. The molecule has 6 nitrogen and oxygen atoms in total. The van der Waals surface area contributed by atoms with E-state index in [4.69, 9.17) is 10.00 Å². The molecule has 3 aromatic rings. The number of rotatable bonds is 5. The van der Waals surface area contributed by atoms with Crippen molar-refractivity contribution in [2.45, 2.75) is 20.3 Å². The van der Waals surface area contributed by atoms with Crippen molar-refractivity contribution in [3.63, 3.8) is 0 Å². The molecular formula is C21H19FN4O2. The zero-order chi connectivity index (χ0) is 20.3. The molecule has 1 N–H and O–H groups in total. The molecule has 0 aliphatic heterocycles. The normalized spacial score (nSPS) is 10.4. The number of ether oxygens (including phenoxy) is 1. The fraction of sp³-hybridized carbons (Fsp3) is 0.190. The van der Waals surface area contributed by atoms with Crippen LogP contribution in [-0.2, 0) is 11.2 Å². The zero-order valence-electron chi connectivity index (χ0n) is 15.8. The number of aromatic nitrogens is 2. The second-order valence-electron chi connectivity index (χ2n) is 6.29. The molecule has 0 radical (unpaired) electrons. The maximum Gasteiger partial charge on any atom is 0.229 e. The number of halogens is 1. The fourth-order valence-corrected chi connectivity index (χ4v) is 2.99. The molecule has 1 heterocycles. The van der Waals surface area contributed by atoms with E-state index in [2.05, 4.69) is 10.4 Å². The van der Waals surface area contributed by atoms with E-state index in [-0.39, 0.29) is 18.1 Å². The van der Waals surface area contributed by atoms with Crippen molar-refractivity contribution in [3.8, 4) is 17.5 Å². The summed E-state index contributed by atoms with van der Waals surface area (Å²) in [6.45, 7) is 3.69. The molecule has 0 aliphatic carbocycles. The Bertz CT molecular complexity index is 1070. The highest BCUT2D eigenvalue weighted by atomic mass is 19.1. The molecule has 2 aromatic carbocycles. The van der Waals surface area contributed by atoms with Gasteiger partial charge in [-0.05, 0) is 56.3 Å². The van der Waals surface area contributed by atoms with Crippen LogP contribution in [0.1, 0.15) is 22.5 Å². The maximum atomic E-state index is 13.2. The highest BCUT2D eigenvalue weighted by Gasteiger charge is 2.17. The summed E-state index contributed by atoms with van der Waals surface area (Å²) in [5.74, 6) is -0.0977. The first-order valence-electron chi connectivity index (χ1n) is 8.62. The van der Waals surface area contributed by atoms with Gasteiger partial charge in [-0.2, -0.15) is 10.4 Å². The second kappa shape index (κ2) is 7.92. The Hall–Kier alpha value is -3.66. The monoisotopic (exact) mass is 378 g/mol. The van der Waals surface area contributed by atoms with E-state index >= 15 is 0 Å². The number of carbonyl (C=O) groups is 1. The van der Waals surface area contributed by atoms with Gasteiger partial charge in [0.15, 0.2) is 0 Å². The van der Waals surface area contributed by atoms with Gasteiger partial charge in [-0.3, -0.25) is 4.79 Å². The van der Waals surface area contributed by atoms with Crippen LogP contribution >= 0.6 is 0 Å². The molecule has 28 heavy (non-hydrogen) atoms. The minimum Gasteiger partial charge on any atom is -0.495 e. The standard InChI is InChI=1S/C21H19FN4O2/c1-13-18(14(2)26(25-13)17-7-5-16(22)6-8-17)11-21(27)24-19-10-15(12-23)4-9-20(19)28-3/h4-10H,11H2,1-3H3,(H,24,27). The van der Waals surface area contributed by atoms with Gasteiger partial charge in [0.25, 0.3) is 0 Å². The first-order valence-corrected chi connectivity index (χ1v) is 8.62. The van der Waals surface area contributed by atoms with Crippen molar-refractivity contribution in [3.05, 3.63) is 70.8 Å². The minimum atomic E-state index is -0.321. The van der Waals surface area contributed by atoms with E-state index in [9.17, 15) is 9.18 Å². The summed E-state index contributed by atoms with van der Waals surface area (Å²) < 4.78 is 20.1. The first-order chi connectivity index (χ1) is 13.4. The maximum absolute atomic E-state index is 13.2. The molecule has 0 saturated heterocycles. The van der Waals surface area contributed by atoms with E-state index < -0.39 is 0 Å².